The molecule has 1 aliphatic carbocycles. The van der Waals surface area contributed by atoms with Gasteiger partial charge in [0.25, 0.3) is 0 Å². The zero-order chi connectivity index (χ0) is 13.7. The Hall–Kier alpha value is -1.22. The van der Waals surface area contributed by atoms with Gasteiger partial charge in [-0.2, -0.15) is 0 Å². The summed E-state index contributed by atoms with van der Waals surface area (Å²) in [5.74, 6) is 1.64. The lowest BCUT2D eigenvalue weighted by Gasteiger charge is -2.28. The van der Waals surface area contributed by atoms with E-state index in [4.69, 9.17) is 9.47 Å². The highest BCUT2D eigenvalue weighted by Gasteiger charge is 2.21. The summed E-state index contributed by atoms with van der Waals surface area (Å²) in [4.78, 5) is 1.62. The molecule has 19 heavy (non-hydrogen) atoms. The second-order valence-electron chi connectivity index (χ2n) is 5.55. The van der Waals surface area contributed by atoms with Crippen LogP contribution in [0.15, 0.2) is 18.2 Å². The molecule has 0 bridgehead atoms. The lowest BCUT2D eigenvalue weighted by molar-refractivity contribution is -0.921. The van der Waals surface area contributed by atoms with Crippen LogP contribution in [0.1, 0.15) is 37.7 Å². The van der Waals surface area contributed by atoms with Crippen molar-refractivity contribution in [1.82, 2.24) is 0 Å². The third kappa shape index (κ3) is 3.63. The first-order valence-electron chi connectivity index (χ1n) is 7.28. The van der Waals surface area contributed by atoms with Gasteiger partial charge in [-0.3, -0.25) is 0 Å². The van der Waals surface area contributed by atoms with Crippen LogP contribution in [-0.2, 0) is 6.54 Å². The number of nitrogens with one attached hydrogen (secondary N) is 1. The van der Waals surface area contributed by atoms with Gasteiger partial charge in [-0.1, -0.05) is 6.42 Å². The first-order chi connectivity index (χ1) is 9.24. The minimum atomic E-state index is 0.807. The van der Waals surface area contributed by atoms with Crippen LogP contribution in [0.2, 0.25) is 0 Å². The van der Waals surface area contributed by atoms with Crippen molar-refractivity contribution in [1.29, 1.82) is 0 Å². The molecule has 0 aliphatic heterocycles. The van der Waals surface area contributed by atoms with E-state index < -0.39 is 0 Å². The molecule has 0 heterocycles. The zero-order valence-electron chi connectivity index (χ0n) is 12.4. The van der Waals surface area contributed by atoms with Gasteiger partial charge in [-0.05, 0) is 43.9 Å². The summed E-state index contributed by atoms with van der Waals surface area (Å²) in [7, 11) is 5.68. The molecule has 0 saturated heterocycles. The number of methoxy groups -OCH3 is 2. The van der Waals surface area contributed by atoms with E-state index in [0.717, 1.165) is 24.1 Å². The molecular weight excluding hydrogens is 238 g/mol. The van der Waals surface area contributed by atoms with E-state index >= 15 is 0 Å². The highest BCUT2D eigenvalue weighted by atomic mass is 16.5. The number of quaternary nitrogens is 1. The van der Waals surface area contributed by atoms with Crippen LogP contribution in [0.4, 0.5) is 0 Å². The maximum absolute atomic E-state index is 5.37. The average Bonchev–Trinajstić information content (AvgIpc) is 2.48. The van der Waals surface area contributed by atoms with Gasteiger partial charge in [0.05, 0.1) is 27.3 Å². The van der Waals surface area contributed by atoms with Gasteiger partial charge in [-0.25, -0.2) is 0 Å². The van der Waals surface area contributed by atoms with Crippen LogP contribution < -0.4 is 14.4 Å². The molecule has 0 spiro atoms. The molecule has 0 amide bonds. The molecule has 0 aromatic heterocycles. The van der Waals surface area contributed by atoms with Gasteiger partial charge in [0.1, 0.15) is 6.54 Å². The van der Waals surface area contributed by atoms with Crippen LogP contribution in [-0.4, -0.2) is 27.3 Å². The van der Waals surface area contributed by atoms with Crippen molar-refractivity contribution in [3.8, 4) is 11.5 Å². The number of rotatable bonds is 5. The molecule has 1 aromatic carbocycles. The van der Waals surface area contributed by atoms with Crippen molar-refractivity contribution >= 4 is 0 Å². The molecule has 2 rings (SSSR count). The Morgan fingerprint density at radius 1 is 1.05 bits per heavy atom. The van der Waals surface area contributed by atoms with Crippen molar-refractivity contribution < 1.29 is 14.4 Å². The lowest BCUT2D eigenvalue weighted by atomic mass is 9.94. The standard InChI is InChI=1S/C16H25NO2/c1-17(14-7-5-4-6-8-14)12-13-9-10-15(18-2)16(11-13)19-3/h9-11,14H,4-8,12H2,1-3H3/p+1. The lowest BCUT2D eigenvalue weighted by Crippen LogP contribution is -3.11. The molecule has 1 aliphatic rings. The first kappa shape index (κ1) is 14.2. The molecule has 1 N–H and O–H groups in total. The number of hydrogen-bond donors (Lipinski definition) is 1. The molecular formula is C16H26NO2+. The topological polar surface area (TPSA) is 22.9 Å². The SMILES string of the molecule is COc1ccc(C[NH+](C)C2CCCCC2)cc1OC. The van der Waals surface area contributed by atoms with E-state index in [2.05, 4.69) is 19.2 Å². The van der Waals surface area contributed by atoms with Gasteiger partial charge in [0.2, 0.25) is 0 Å². The highest BCUT2D eigenvalue weighted by molar-refractivity contribution is 5.42. The number of hydrogen-bond acceptors (Lipinski definition) is 2. The molecule has 3 heteroatoms. The Bertz CT molecular complexity index is 400. The summed E-state index contributed by atoms with van der Waals surface area (Å²) < 4.78 is 10.7. The first-order valence-corrected chi connectivity index (χ1v) is 7.28. The summed E-state index contributed by atoms with van der Waals surface area (Å²) in [6, 6.07) is 7.07. The van der Waals surface area contributed by atoms with Gasteiger partial charge >= 0.3 is 0 Å². The van der Waals surface area contributed by atoms with E-state index in [0.29, 0.717) is 0 Å². The van der Waals surface area contributed by atoms with E-state index in [1.165, 1.54) is 37.7 Å². The highest BCUT2D eigenvalue weighted by Crippen LogP contribution is 2.27. The Balaban J connectivity index is 2.01. The quantitative estimate of drug-likeness (QED) is 0.879. The number of ether oxygens (including phenoxy) is 2. The Labute approximate surface area is 116 Å². The van der Waals surface area contributed by atoms with Crippen molar-refractivity contribution in [3.05, 3.63) is 23.8 Å². The van der Waals surface area contributed by atoms with Crippen molar-refractivity contribution in [2.24, 2.45) is 0 Å². The van der Waals surface area contributed by atoms with Crippen molar-refractivity contribution in [2.45, 2.75) is 44.7 Å². The van der Waals surface area contributed by atoms with Crippen molar-refractivity contribution in [2.75, 3.05) is 21.3 Å². The number of benzene rings is 1. The monoisotopic (exact) mass is 264 g/mol. The Kier molecular flexibility index (Phi) is 5.08. The van der Waals surface area contributed by atoms with Crippen LogP contribution >= 0.6 is 0 Å². The van der Waals surface area contributed by atoms with Crippen LogP contribution in [0, 0.1) is 0 Å². The molecule has 106 valence electrons. The molecule has 3 nitrogen and oxygen atoms in total. The Morgan fingerprint density at radius 3 is 2.37 bits per heavy atom. The van der Waals surface area contributed by atoms with Crippen molar-refractivity contribution in [3.63, 3.8) is 0 Å². The van der Waals surface area contributed by atoms with E-state index in [1.807, 2.05) is 6.07 Å². The summed E-state index contributed by atoms with van der Waals surface area (Å²) >= 11 is 0. The van der Waals surface area contributed by atoms with Gasteiger partial charge < -0.3 is 14.4 Å². The average molecular weight is 264 g/mol. The van der Waals surface area contributed by atoms with E-state index in [-0.39, 0.29) is 0 Å². The van der Waals surface area contributed by atoms with E-state index in [9.17, 15) is 0 Å². The summed E-state index contributed by atoms with van der Waals surface area (Å²) in [6.07, 6.45) is 6.96. The molecule has 0 radical (unpaired) electrons. The fraction of sp³-hybridized carbons (Fsp3) is 0.625. The maximum Gasteiger partial charge on any atom is 0.161 e. The summed E-state index contributed by atoms with van der Waals surface area (Å²) in [5, 5.41) is 0. The zero-order valence-corrected chi connectivity index (χ0v) is 12.4. The third-order valence-electron chi connectivity index (χ3n) is 4.23. The molecule has 1 unspecified atom stereocenters. The third-order valence-corrected chi connectivity index (χ3v) is 4.23. The maximum atomic E-state index is 5.37. The molecule has 1 saturated carbocycles. The molecule has 1 aromatic rings. The summed E-state index contributed by atoms with van der Waals surface area (Å²) in [5.41, 5.74) is 1.32. The smallest absolute Gasteiger partial charge is 0.161 e. The van der Waals surface area contributed by atoms with Crippen LogP contribution in [0.3, 0.4) is 0 Å². The normalized spacial score (nSPS) is 18.1. The van der Waals surface area contributed by atoms with Crippen LogP contribution in [0.25, 0.3) is 0 Å². The second-order valence-corrected chi connectivity index (χ2v) is 5.55. The van der Waals surface area contributed by atoms with Gasteiger partial charge in [0, 0.05) is 5.56 Å². The fourth-order valence-electron chi connectivity index (χ4n) is 3.05. The molecule has 1 fully saturated rings. The predicted molar refractivity (Wildman–Crippen MR) is 77.0 cm³/mol. The molecule has 1 atom stereocenters. The Morgan fingerprint density at radius 2 is 1.74 bits per heavy atom. The minimum Gasteiger partial charge on any atom is -0.493 e. The largest absolute Gasteiger partial charge is 0.493 e. The van der Waals surface area contributed by atoms with Gasteiger partial charge in [-0.15, -0.1) is 0 Å². The van der Waals surface area contributed by atoms with E-state index in [1.54, 1.807) is 19.1 Å². The minimum absolute atomic E-state index is 0.807. The van der Waals surface area contributed by atoms with Crippen LogP contribution in [0.5, 0.6) is 11.5 Å². The summed E-state index contributed by atoms with van der Waals surface area (Å²) in [6.45, 7) is 1.06. The second kappa shape index (κ2) is 6.80. The van der Waals surface area contributed by atoms with Gasteiger partial charge in [0.15, 0.2) is 11.5 Å². The fourth-order valence-corrected chi connectivity index (χ4v) is 3.05. The predicted octanol–water partition coefficient (Wildman–Crippen LogP) is 2.05.